The monoisotopic (exact) mass is 1010 g/mol. The third-order valence-electron chi connectivity index (χ3n) is 17.3. The van der Waals surface area contributed by atoms with Crippen LogP contribution >= 0.6 is 0 Å². The molecule has 370 valence electrons. The van der Waals surface area contributed by atoms with Crippen molar-refractivity contribution in [1.82, 2.24) is 9.13 Å². The Kier molecular flexibility index (Phi) is 9.75. The predicted molar refractivity (Wildman–Crippen MR) is 342 cm³/mol. The van der Waals surface area contributed by atoms with Crippen LogP contribution < -0.4 is 0 Å². The van der Waals surface area contributed by atoms with E-state index in [4.69, 9.17) is 0 Å². The van der Waals surface area contributed by atoms with E-state index in [1.54, 1.807) is 0 Å². The smallest absolute Gasteiger partial charge is 0.0547 e. The van der Waals surface area contributed by atoms with Gasteiger partial charge in [-0.25, -0.2) is 0 Å². The minimum Gasteiger partial charge on any atom is -0.309 e. The van der Waals surface area contributed by atoms with Gasteiger partial charge in [0.25, 0.3) is 0 Å². The third-order valence-corrected chi connectivity index (χ3v) is 17.3. The molecule has 2 nitrogen and oxygen atoms in total. The van der Waals surface area contributed by atoms with E-state index < -0.39 is 0 Å². The minimum atomic E-state index is 1.14. The maximum atomic E-state index is 2.47. The molecule has 0 fully saturated rings. The molecule has 80 heavy (non-hydrogen) atoms. The molecular formula is C78H48N2. The summed E-state index contributed by atoms with van der Waals surface area (Å²) in [7, 11) is 0. The minimum absolute atomic E-state index is 1.14. The van der Waals surface area contributed by atoms with Crippen molar-refractivity contribution in [3.8, 4) is 55.9 Å². The largest absolute Gasteiger partial charge is 0.309 e. The van der Waals surface area contributed by atoms with Crippen LogP contribution in [0.3, 0.4) is 0 Å². The fourth-order valence-electron chi connectivity index (χ4n) is 13.7. The first-order valence-electron chi connectivity index (χ1n) is 27.7. The molecule has 0 N–H and O–H groups in total. The molecule has 2 heteroatoms. The van der Waals surface area contributed by atoms with Gasteiger partial charge in [0.2, 0.25) is 0 Å². The lowest BCUT2D eigenvalue weighted by molar-refractivity contribution is 1.18. The second-order valence-electron chi connectivity index (χ2n) is 21.5. The molecule has 0 radical (unpaired) electrons. The Morgan fingerprint density at radius 1 is 0.163 bits per heavy atom. The first kappa shape index (κ1) is 44.6. The molecule has 15 aromatic carbocycles. The average Bonchev–Trinajstić information content (AvgIpc) is 4.13. The molecule has 0 bridgehead atoms. The lowest BCUT2D eigenvalue weighted by Crippen LogP contribution is -1.94. The van der Waals surface area contributed by atoms with Gasteiger partial charge in [0.05, 0.1) is 22.1 Å². The highest BCUT2D eigenvalue weighted by molar-refractivity contribution is 6.28. The first-order valence-corrected chi connectivity index (χ1v) is 27.7. The van der Waals surface area contributed by atoms with E-state index in [-0.39, 0.29) is 0 Å². The van der Waals surface area contributed by atoms with Gasteiger partial charge in [-0.05, 0) is 176 Å². The van der Waals surface area contributed by atoms with Gasteiger partial charge in [0.1, 0.15) is 0 Å². The van der Waals surface area contributed by atoms with E-state index in [0.717, 1.165) is 11.4 Å². The predicted octanol–water partition coefficient (Wildman–Crippen LogP) is 21.5. The van der Waals surface area contributed by atoms with Crippen molar-refractivity contribution in [1.29, 1.82) is 0 Å². The summed E-state index contributed by atoms with van der Waals surface area (Å²) in [6, 6.07) is 108. The second kappa shape index (κ2) is 17.5. The Hall–Kier alpha value is -10.5. The maximum Gasteiger partial charge on any atom is 0.0547 e. The van der Waals surface area contributed by atoms with Gasteiger partial charge < -0.3 is 9.13 Å². The van der Waals surface area contributed by atoms with Crippen molar-refractivity contribution in [3.63, 3.8) is 0 Å². The van der Waals surface area contributed by atoms with Crippen molar-refractivity contribution in [2.75, 3.05) is 0 Å². The zero-order valence-electron chi connectivity index (χ0n) is 43.6. The molecular weight excluding hydrogens is 965 g/mol. The molecule has 0 unspecified atom stereocenters. The van der Waals surface area contributed by atoms with E-state index in [1.165, 1.54) is 153 Å². The summed E-state index contributed by atoms with van der Waals surface area (Å²) >= 11 is 0. The summed E-state index contributed by atoms with van der Waals surface area (Å²) in [5.74, 6) is 0. The Morgan fingerprint density at radius 3 is 1.02 bits per heavy atom. The standard InChI is InChI=1S/C78H48N2/c1-3-18-54(19-4-1)79-74-32-16-15-30-67(74)68-42-36-51(47-76(68)79)49-34-39-65-66-40-35-50(45-72(66)63-29-14-13-28-62(63)71(65)44-49)52-37-43-70-77(48-52)80(55-20-5-2-6-21-55)75-33-17-31-69(78(70)75)57-23-8-7-22-56(57)53-38-41-64-60-26-10-9-24-58(60)59-25-11-12-27-61(59)73(64)46-53/h1-48H. The molecule has 0 aliphatic heterocycles. The van der Waals surface area contributed by atoms with Crippen LogP contribution in [0, 0.1) is 0 Å². The number of rotatable bonds is 6. The van der Waals surface area contributed by atoms with Crippen LogP contribution in [0.2, 0.25) is 0 Å². The molecule has 0 saturated heterocycles. The molecule has 17 aromatic rings. The zero-order valence-corrected chi connectivity index (χ0v) is 43.6. The van der Waals surface area contributed by atoms with Crippen molar-refractivity contribution in [2.45, 2.75) is 0 Å². The molecule has 2 aromatic heterocycles. The molecule has 0 amide bonds. The number of aromatic nitrogens is 2. The van der Waals surface area contributed by atoms with Crippen LogP contribution in [0.4, 0.5) is 0 Å². The lowest BCUT2D eigenvalue weighted by Gasteiger charge is -2.15. The van der Waals surface area contributed by atoms with Crippen LogP contribution in [-0.2, 0) is 0 Å². The Labute approximate surface area is 461 Å². The van der Waals surface area contributed by atoms with Gasteiger partial charge in [-0.1, -0.05) is 224 Å². The number of hydrogen-bond donors (Lipinski definition) is 0. The number of fused-ring (bicyclic) bond motifs is 18. The Morgan fingerprint density at radius 2 is 0.487 bits per heavy atom. The maximum absolute atomic E-state index is 2.47. The van der Waals surface area contributed by atoms with Gasteiger partial charge in [0, 0.05) is 32.9 Å². The Balaban J connectivity index is 0.811. The van der Waals surface area contributed by atoms with E-state index in [9.17, 15) is 0 Å². The van der Waals surface area contributed by atoms with Crippen molar-refractivity contribution in [3.05, 3.63) is 291 Å². The average molecular weight is 1010 g/mol. The van der Waals surface area contributed by atoms with E-state index in [1.807, 2.05) is 0 Å². The van der Waals surface area contributed by atoms with Gasteiger partial charge in [-0.3, -0.25) is 0 Å². The van der Waals surface area contributed by atoms with E-state index >= 15 is 0 Å². The lowest BCUT2D eigenvalue weighted by atomic mass is 9.88. The van der Waals surface area contributed by atoms with E-state index in [2.05, 4.69) is 300 Å². The summed E-state index contributed by atoms with van der Waals surface area (Å²) in [5, 5.41) is 20.2. The SMILES string of the molecule is c1ccc(-n2c3ccccc3c3ccc(-c4ccc5c6ccc(-c7ccc8c9c(-c%10ccccc%10-c%10ccc%11c%12ccccc%12c%12ccccc%12c%11c%10)cccc9n(-c9ccccc9)c8c7)cc6c6ccccc6c5c4)cc32)cc1. The van der Waals surface area contributed by atoms with Crippen LogP contribution in [0.25, 0.3) is 164 Å². The van der Waals surface area contributed by atoms with Crippen molar-refractivity contribution < 1.29 is 0 Å². The summed E-state index contributed by atoms with van der Waals surface area (Å²) in [5.41, 5.74) is 16.7. The van der Waals surface area contributed by atoms with Gasteiger partial charge in [0.15, 0.2) is 0 Å². The second-order valence-corrected chi connectivity index (χ2v) is 21.5. The van der Waals surface area contributed by atoms with Gasteiger partial charge >= 0.3 is 0 Å². The summed E-state index contributed by atoms with van der Waals surface area (Å²) < 4.78 is 4.87. The molecule has 17 rings (SSSR count). The van der Waals surface area contributed by atoms with Crippen LogP contribution in [0.1, 0.15) is 0 Å². The first-order chi connectivity index (χ1) is 39.7. The summed E-state index contributed by atoms with van der Waals surface area (Å²) in [4.78, 5) is 0. The number of para-hydroxylation sites is 3. The van der Waals surface area contributed by atoms with E-state index in [0.29, 0.717) is 0 Å². The highest BCUT2D eigenvalue weighted by Crippen LogP contribution is 2.46. The molecule has 0 spiro atoms. The summed E-state index contributed by atoms with van der Waals surface area (Å²) in [6.07, 6.45) is 0. The number of benzene rings is 15. The molecule has 0 saturated carbocycles. The zero-order chi connectivity index (χ0) is 52.4. The molecule has 0 aliphatic carbocycles. The topological polar surface area (TPSA) is 9.86 Å². The molecule has 0 atom stereocenters. The molecule has 2 heterocycles. The Bertz CT molecular complexity index is 5350. The summed E-state index contributed by atoms with van der Waals surface area (Å²) in [6.45, 7) is 0. The highest BCUT2D eigenvalue weighted by atomic mass is 15.0. The fourth-order valence-corrected chi connectivity index (χ4v) is 13.7. The van der Waals surface area contributed by atoms with Crippen LogP contribution in [0.5, 0.6) is 0 Å². The third kappa shape index (κ3) is 6.66. The number of nitrogens with zero attached hydrogens (tertiary/aromatic N) is 2. The normalized spacial score (nSPS) is 12.0. The van der Waals surface area contributed by atoms with Crippen molar-refractivity contribution in [2.24, 2.45) is 0 Å². The molecule has 0 aliphatic rings. The van der Waals surface area contributed by atoms with Crippen LogP contribution in [0.15, 0.2) is 291 Å². The quantitative estimate of drug-likeness (QED) is 0.147. The highest BCUT2D eigenvalue weighted by Gasteiger charge is 2.21. The van der Waals surface area contributed by atoms with Gasteiger partial charge in [-0.2, -0.15) is 0 Å². The number of hydrogen-bond acceptors (Lipinski definition) is 0. The van der Waals surface area contributed by atoms with Crippen molar-refractivity contribution >= 4 is 108 Å². The fraction of sp³-hybridized carbons (Fsp3) is 0. The van der Waals surface area contributed by atoms with Crippen LogP contribution in [-0.4, -0.2) is 9.13 Å². The van der Waals surface area contributed by atoms with Gasteiger partial charge in [-0.15, -0.1) is 0 Å².